The van der Waals surface area contributed by atoms with E-state index in [2.05, 4.69) is 22.9 Å². The molecule has 0 unspecified atom stereocenters. The molecule has 76 valence electrons. The molecule has 0 heterocycles. The van der Waals surface area contributed by atoms with Gasteiger partial charge in [-0.25, -0.2) is 0 Å². The van der Waals surface area contributed by atoms with Gasteiger partial charge in [0.1, 0.15) is 0 Å². The SMILES string of the molecule is CCCc1cc(Br)ccc1C(=O)CCl. The number of alkyl halides is 1. The zero-order valence-corrected chi connectivity index (χ0v) is 10.4. The Bertz CT molecular complexity index is 336. The van der Waals surface area contributed by atoms with Crippen LogP contribution in [0.4, 0.5) is 0 Å². The van der Waals surface area contributed by atoms with Crippen LogP contribution in [-0.4, -0.2) is 11.7 Å². The number of Topliss-reactive ketones (excluding diaryl/α,β-unsaturated/α-hetero) is 1. The van der Waals surface area contributed by atoms with Gasteiger partial charge in [-0.05, 0) is 30.2 Å². The zero-order chi connectivity index (χ0) is 10.6. The molecule has 0 saturated carbocycles. The summed E-state index contributed by atoms with van der Waals surface area (Å²) < 4.78 is 1.01. The Morgan fingerprint density at radius 1 is 1.50 bits per heavy atom. The molecule has 3 heteroatoms. The average molecular weight is 276 g/mol. The summed E-state index contributed by atoms with van der Waals surface area (Å²) >= 11 is 8.93. The fraction of sp³-hybridized carbons (Fsp3) is 0.364. The molecule has 0 aromatic heterocycles. The van der Waals surface area contributed by atoms with Crippen LogP contribution in [0, 0.1) is 0 Å². The van der Waals surface area contributed by atoms with Gasteiger partial charge in [-0.3, -0.25) is 4.79 Å². The molecule has 0 saturated heterocycles. The van der Waals surface area contributed by atoms with E-state index in [9.17, 15) is 4.79 Å². The van der Waals surface area contributed by atoms with E-state index >= 15 is 0 Å². The van der Waals surface area contributed by atoms with Crippen molar-refractivity contribution in [3.8, 4) is 0 Å². The van der Waals surface area contributed by atoms with Crippen LogP contribution in [-0.2, 0) is 6.42 Å². The molecule has 0 atom stereocenters. The highest BCUT2D eigenvalue weighted by Crippen LogP contribution is 2.19. The van der Waals surface area contributed by atoms with E-state index < -0.39 is 0 Å². The Labute approximate surface area is 97.6 Å². The number of aryl methyl sites for hydroxylation is 1. The summed E-state index contributed by atoms with van der Waals surface area (Å²) in [5.74, 6) is 0.0563. The van der Waals surface area contributed by atoms with Crippen molar-refractivity contribution in [3.05, 3.63) is 33.8 Å². The van der Waals surface area contributed by atoms with Crippen molar-refractivity contribution in [2.45, 2.75) is 19.8 Å². The minimum atomic E-state index is 0.00242. The van der Waals surface area contributed by atoms with Crippen LogP contribution in [0.2, 0.25) is 0 Å². The molecule has 0 spiro atoms. The van der Waals surface area contributed by atoms with Crippen LogP contribution in [0.1, 0.15) is 29.3 Å². The Kier molecular flexibility index (Phi) is 4.63. The molecule has 1 aromatic carbocycles. The fourth-order valence-electron chi connectivity index (χ4n) is 1.38. The number of rotatable bonds is 4. The van der Waals surface area contributed by atoms with Crippen molar-refractivity contribution < 1.29 is 4.79 Å². The maximum Gasteiger partial charge on any atom is 0.177 e. The lowest BCUT2D eigenvalue weighted by Gasteiger charge is -2.06. The normalized spacial score (nSPS) is 10.2. The highest BCUT2D eigenvalue weighted by Gasteiger charge is 2.09. The summed E-state index contributed by atoms with van der Waals surface area (Å²) in [4.78, 5) is 11.5. The first-order chi connectivity index (χ1) is 6.69. The molecular formula is C11H12BrClO. The average Bonchev–Trinajstić information content (AvgIpc) is 2.17. The molecule has 0 radical (unpaired) electrons. The summed E-state index contributed by atoms with van der Waals surface area (Å²) in [7, 11) is 0. The van der Waals surface area contributed by atoms with E-state index in [1.807, 2.05) is 18.2 Å². The van der Waals surface area contributed by atoms with E-state index in [1.165, 1.54) is 0 Å². The molecule has 1 aromatic rings. The van der Waals surface area contributed by atoms with Crippen molar-refractivity contribution >= 4 is 33.3 Å². The van der Waals surface area contributed by atoms with Crippen molar-refractivity contribution in [3.63, 3.8) is 0 Å². The monoisotopic (exact) mass is 274 g/mol. The number of hydrogen-bond acceptors (Lipinski definition) is 1. The van der Waals surface area contributed by atoms with Gasteiger partial charge in [0, 0.05) is 10.0 Å². The largest absolute Gasteiger partial charge is 0.293 e. The molecule has 1 nitrogen and oxygen atoms in total. The van der Waals surface area contributed by atoms with E-state index in [4.69, 9.17) is 11.6 Å². The molecule has 0 fully saturated rings. The van der Waals surface area contributed by atoms with E-state index in [0.29, 0.717) is 0 Å². The van der Waals surface area contributed by atoms with Gasteiger partial charge in [-0.15, -0.1) is 11.6 Å². The molecule has 0 amide bonds. The van der Waals surface area contributed by atoms with Crippen molar-refractivity contribution in [1.29, 1.82) is 0 Å². The van der Waals surface area contributed by atoms with Gasteiger partial charge in [0.15, 0.2) is 5.78 Å². The molecule has 14 heavy (non-hydrogen) atoms. The van der Waals surface area contributed by atoms with Gasteiger partial charge in [-0.1, -0.05) is 29.3 Å². The van der Waals surface area contributed by atoms with Gasteiger partial charge >= 0.3 is 0 Å². The highest BCUT2D eigenvalue weighted by molar-refractivity contribution is 9.10. The molecular weight excluding hydrogens is 263 g/mol. The molecule has 0 aliphatic heterocycles. The summed E-state index contributed by atoms with van der Waals surface area (Å²) in [6.07, 6.45) is 1.94. The molecule has 1 rings (SSSR count). The molecule has 0 aliphatic rings. The predicted molar refractivity (Wildman–Crippen MR) is 63.2 cm³/mol. The summed E-state index contributed by atoms with van der Waals surface area (Å²) in [6.45, 7) is 2.09. The smallest absolute Gasteiger partial charge is 0.177 e. The van der Waals surface area contributed by atoms with Crippen molar-refractivity contribution in [2.24, 2.45) is 0 Å². The fourth-order valence-corrected chi connectivity index (χ4v) is 1.93. The first kappa shape index (κ1) is 11.7. The Morgan fingerprint density at radius 3 is 2.79 bits per heavy atom. The lowest BCUT2D eigenvalue weighted by Crippen LogP contribution is -2.04. The van der Waals surface area contributed by atoms with E-state index in [-0.39, 0.29) is 11.7 Å². The topological polar surface area (TPSA) is 17.1 Å². The third kappa shape index (κ3) is 2.82. The van der Waals surface area contributed by atoms with Crippen molar-refractivity contribution in [2.75, 3.05) is 5.88 Å². The predicted octanol–water partition coefficient (Wildman–Crippen LogP) is 3.82. The van der Waals surface area contributed by atoms with Crippen LogP contribution >= 0.6 is 27.5 Å². The first-order valence-electron chi connectivity index (χ1n) is 4.56. The number of benzene rings is 1. The van der Waals surface area contributed by atoms with Crippen LogP contribution in [0.3, 0.4) is 0 Å². The van der Waals surface area contributed by atoms with Crippen molar-refractivity contribution in [1.82, 2.24) is 0 Å². The third-order valence-corrected chi connectivity index (χ3v) is 2.74. The maximum absolute atomic E-state index is 11.5. The molecule has 0 N–H and O–H groups in total. The maximum atomic E-state index is 11.5. The minimum absolute atomic E-state index is 0.00242. The number of carbonyl (C=O) groups excluding carboxylic acids is 1. The van der Waals surface area contributed by atoms with Gasteiger partial charge in [0.05, 0.1) is 5.88 Å². The van der Waals surface area contributed by atoms with E-state index in [0.717, 1.165) is 28.4 Å². The number of ketones is 1. The zero-order valence-electron chi connectivity index (χ0n) is 8.02. The van der Waals surface area contributed by atoms with E-state index in [1.54, 1.807) is 0 Å². The molecule has 0 aliphatic carbocycles. The molecule has 0 bridgehead atoms. The summed E-state index contributed by atoms with van der Waals surface area (Å²) in [5.41, 5.74) is 1.83. The second-order valence-electron chi connectivity index (χ2n) is 3.11. The second kappa shape index (κ2) is 5.52. The van der Waals surface area contributed by atoms with Gasteiger partial charge < -0.3 is 0 Å². The standard InChI is InChI=1S/C11H12BrClO/c1-2-3-8-6-9(12)4-5-10(8)11(14)7-13/h4-6H,2-3,7H2,1H3. The summed E-state index contributed by atoms with van der Waals surface area (Å²) in [6, 6.07) is 5.70. The quantitative estimate of drug-likeness (QED) is 0.603. The minimum Gasteiger partial charge on any atom is -0.293 e. The van der Waals surface area contributed by atoms with Gasteiger partial charge in [0.2, 0.25) is 0 Å². The summed E-state index contributed by atoms with van der Waals surface area (Å²) in [5, 5.41) is 0. The number of halogens is 2. The lowest BCUT2D eigenvalue weighted by molar-refractivity contribution is 0.102. The van der Waals surface area contributed by atoms with Crippen LogP contribution < -0.4 is 0 Å². The Hall–Kier alpha value is -0.340. The van der Waals surface area contributed by atoms with Crippen LogP contribution in [0.15, 0.2) is 22.7 Å². The Morgan fingerprint density at radius 2 is 2.21 bits per heavy atom. The highest BCUT2D eigenvalue weighted by atomic mass is 79.9. The van der Waals surface area contributed by atoms with Gasteiger partial charge in [0.25, 0.3) is 0 Å². The second-order valence-corrected chi connectivity index (χ2v) is 4.29. The van der Waals surface area contributed by atoms with Crippen LogP contribution in [0.5, 0.6) is 0 Å². The van der Waals surface area contributed by atoms with Gasteiger partial charge in [-0.2, -0.15) is 0 Å². The lowest BCUT2D eigenvalue weighted by atomic mass is 10.0. The van der Waals surface area contributed by atoms with Crippen LogP contribution in [0.25, 0.3) is 0 Å². The first-order valence-corrected chi connectivity index (χ1v) is 5.89. The third-order valence-electron chi connectivity index (χ3n) is 2.01. The number of hydrogen-bond donors (Lipinski definition) is 0. The Balaban J connectivity index is 3.07. The number of carbonyl (C=O) groups is 1.